The maximum Gasteiger partial charge on any atom is 0.360 e. The standard InChI is InChI=1S/C14H17N3O3/c1-17(2)8-5-9-20-13-10-6-3-4-7-11(10)15-16-12(13)14(18)19/h3-4,6-7H,5,8-9H2,1-2H3,(H,18,19). The van der Waals surface area contributed by atoms with Gasteiger partial charge in [0.25, 0.3) is 0 Å². The van der Waals surface area contributed by atoms with Crippen molar-refractivity contribution in [1.29, 1.82) is 0 Å². The van der Waals surface area contributed by atoms with Gasteiger partial charge in [0.2, 0.25) is 5.69 Å². The van der Waals surface area contributed by atoms with Crippen molar-refractivity contribution in [1.82, 2.24) is 15.1 Å². The van der Waals surface area contributed by atoms with Gasteiger partial charge in [0.15, 0.2) is 5.75 Å². The Morgan fingerprint density at radius 2 is 2.05 bits per heavy atom. The molecule has 0 saturated carbocycles. The maximum atomic E-state index is 11.2. The number of benzene rings is 1. The molecule has 106 valence electrons. The Morgan fingerprint density at radius 3 is 2.75 bits per heavy atom. The number of nitrogens with zero attached hydrogens (tertiary/aromatic N) is 3. The van der Waals surface area contributed by atoms with Crippen LogP contribution in [-0.2, 0) is 0 Å². The molecule has 0 amide bonds. The molecular weight excluding hydrogens is 258 g/mol. The lowest BCUT2D eigenvalue weighted by Crippen LogP contribution is -2.16. The highest BCUT2D eigenvalue weighted by atomic mass is 16.5. The number of aromatic carboxylic acids is 1. The molecule has 6 nitrogen and oxygen atoms in total. The third kappa shape index (κ3) is 3.21. The third-order valence-corrected chi connectivity index (χ3v) is 2.82. The maximum absolute atomic E-state index is 11.2. The summed E-state index contributed by atoms with van der Waals surface area (Å²) in [5, 5.41) is 17.5. The van der Waals surface area contributed by atoms with Gasteiger partial charge < -0.3 is 14.7 Å². The number of carbonyl (C=O) groups is 1. The van der Waals surface area contributed by atoms with Crippen molar-refractivity contribution in [2.45, 2.75) is 6.42 Å². The zero-order chi connectivity index (χ0) is 14.5. The van der Waals surface area contributed by atoms with Crippen molar-refractivity contribution in [3.8, 4) is 5.75 Å². The van der Waals surface area contributed by atoms with Gasteiger partial charge in [-0.25, -0.2) is 4.79 Å². The predicted octanol–water partition coefficient (Wildman–Crippen LogP) is 1.66. The summed E-state index contributed by atoms with van der Waals surface area (Å²) in [5.41, 5.74) is 0.480. The van der Waals surface area contributed by atoms with E-state index in [1.807, 2.05) is 31.1 Å². The van der Waals surface area contributed by atoms with E-state index in [-0.39, 0.29) is 5.69 Å². The third-order valence-electron chi connectivity index (χ3n) is 2.82. The number of hydrogen-bond acceptors (Lipinski definition) is 5. The van der Waals surface area contributed by atoms with Gasteiger partial charge in [0, 0.05) is 11.9 Å². The van der Waals surface area contributed by atoms with Crippen LogP contribution in [0.4, 0.5) is 0 Å². The fraction of sp³-hybridized carbons (Fsp3) is 0.357. The van der Waals surface area contributed by atoms with Crippen LogP contribution in [0.1, 0.15) is 16.9 Å². The van der Waals surface area contributed by atoms with Gasteiger partial charge in [-0.2, -0.15) is 0 Å². The molecule has 0 saturated heterocycles. The summed E-state index contributed by atoms with van der Waals surface area (Å²) in [6.45, 7) is 1.31. The van der Waals surface area contributed by atoms with Crippen LogP contribution in [0.15, 0.2) is 24.3 Å². The second-order valence-electron chi connectivity index (χ2n) is 4.71. The summed E-state index contributed by atoms with van der Waals surface area (Å²) in [4.78, 5) is 13.3. The highest BCUT2D eigenvalue weighted by Crippen LogP contribution is 2.26. The minimum atomic E-state index is -1.13. The molecule has 0 unspecified atom stereocenters. The Morgan fingerprint density at radius 1 is 1.30 bits per heavy atom. The highest BCUT2D eigenvalue weighted by Gasteiger charge is 2.17. The zero-order valence-electron chi connectivity index (χ0n) is 11.5. The van der Waals surface area contributed by atoms with Crippen molar-refractivity contribution in [3.05, 3.63) is 30.0 Å². The normalized spacial score (nSPS) is 10.9. The SMILES string of the molecule is CN(C)CCCOc1c(C(=O)O)nnc2ccccc12. The number of aromatic nitrogens is 2. The van der Waals surface area contributed by atoms with E-state index in [1.54, 1.807) is 12.1 Å². The fourth-order valence-electron chi connectivity index (χ4n) is 1.87. The van der Waals surface area contributed by atoms with Crippen molar-refractivity contribution in [3.63, 3.8) is 0 Å². The van der Waals surface area contributed by atoms with E-state index in [1.165, 1.54) is 0 Å². The van der Waals surface area contributed by atoms with Crippen LogP contribution < -0.4 is 4.74 Å². The molecule has 1 N–H and O–H groups in total. The molecule has 2 aromatic rings. The van der Waals surface area contributed by atoms with E-state index in [4.69, 9.17) is 4.74 Å². The molecule has 6 heteroatoms. The summed E-state index contributed by atoms with van der Waals surface area (Å²) in [7, 11) is 3.96. The molecule has 0 aliphatic carbocycles. The Bertz CT molecular complexity index is 614. The molecule has 0 spiro atoms. The molecule has 1 aromatic carbocycles. The van der Waals surface area contributed by atoms with E-state index in [0.29, 0.717) is 23.3 Å². The van der Waals surface area contributed by atoms with E-state index in [2.05, 4.69) is 10.2 Å². The molecule has 0 atom stereocenters. The molecule has 1 heterocycles. The number of fused-ring (bicyclic) bond motifs is 1. The van der Waals surface area contributed by atoms with Gasteiger partial charge >= 0.3 is 5.97 Å². The Balaban J connectivity index is 2.28. The summed E-state index contributed by atoms with van der Waals surface area (Å²) in [5.74, 6) is -0.840. The highest BCUT2D eigenvalue weighted by molar-refractivity contribution is 5.96. The predicted molar refractivity (Wildman–Crippen MR) is 75.2 cm³/mol. The van der Waals surface area contributed by atoms with E-state index < -0.39 is 5.97 Å². The lowest BCUT2D eigenvalue weighted by atomic mass is 10.2. The molecule has 0 fully saturated rings. The van der Waals surface area contributed by atoms with Gasteiger partial charge in [-0.3, -0.25) is 0 Å². The first-order valence-corrected chi connectivity index (χ1v) is 6.36. The average molecular weight is 275 g/mol. The van der Waals surface area contributed by atoms with Crippen molar-refractivity contribution >= 4 is 16.9 Å². The van der Waals surface area contributed by atoms with Gasteiger partial charge in [-0.1, -0.05) is 12.1 Å². The molecule has 1 aromatic heterocycles. The topological polar surface area (TPSA) is 75.5 Å². The summed E-state index contributed by atoms with van der Waals surface area (Å²) >= 11 is 0. The Labute approximate surface area is 117 Å². The number of carboxylic acid groups (broad SMARTS) is 1. The first-order valence-electron chi connectivity index (χ1n) is 6.36. The fourth-order valence-corrected chi connectivity index (χ4v) is 1.87. The molecule has 0 bridgehead atoms. The molecular formula is C14H17N3O3. The van der Waals surface area contributed by atoms with Crippen LogP contribution in [-0.4, -0.2) is 53.4 Å². The molecule has 2 rings (SSSR count). The first-order chi connectivity index (χ1) is 9.59. The minimum Gasteiger partial charge on any atom is -0.490 e. The van der Waals surface area contributed by atoms with Crippen LogP contribution in [0.5, 0.6) is 5.75 Å². The van der Waals surface area contributed by atoms with Crippen molar-refractivity contribution in [2.75, 3.05) is 27.2 Å². The number of hydrogen-bond donors (Lipinski definition) is 1. The van der Waals surface area contributed by atoms with Gasteiger partial charge in [-0.15, -0.1) is 10.2 Å². The summed E-state index contributed by atoms with van der Waals surface area (Å²) < 4.78 is 5.65. The van der Waals surface area contributed by atoms with Crippen LogP contribution in [0.3, 0.4) is 0 Å². The number of ether oxygens (including phenoxy) is 1. The number of carboxylic acids is 1. The van der Waals surface area contributed by atoms with Crippen molar-refractivity contribution in [2.24, 2.45) is 0 Å². The smallest absolute Gasteiger partial charge is 0.360 e. The van der Waals surface area contributed by atoms with Crippen molar-refractivity contribution < 1.29 is 14.6 Å². The number of rotatable bonds is 6. The first kappa shape index (κ1) is 14.2. The largest absolute Gasteiger partial charge is 0.490 e. The van der Waals surface area contributed by atoms with Crippen LogP contribution in [0, 0.1) is 0 Å². The van der Waals surface area contributed by atoms with E-state index in [9.17, 15) is 9.90 Å². The molecule has 0 aliphatic rings. The molecule has 20 heavy (non-hydrogen) atoms. The van der Waals surface area contributed by atoms with Gasteiger partial charge in [-0.05, 0) is 32.6 Å². The average Bonchev–Trinajstić information content (AvgIpc) is 2.42. The van der Waals surface area contributed by atoms with E-state index >= 15 is 0 Å². The van der Waals surface area contributed by atoms with Crippen LogP contribution in [0.25, 0.3) is 10.9 Å². The molecule has 0 aliphatic heterocycles. The van der Waals surface area contributed by atoms with Gasteiger partial charge in [0.05, 0.1) is 12.1 Å². The second kappa shape index (κ2) is 6.29. The van der Waals surface area contributed by atoms with E-state index in [0.717, 1.165) is 13.0 Å². The lowest BCUT2D eigenvalue weighted by Gasteiger charge is -2.12. The zero-order valence-corrected chi connectivity index (χ0v) is 11.5. The summed E-state index contributed by atoms with van der Waals surface area (Å²) in [6.07, 6.45) is 0.808. The second-order valence-corrected chi connectivity index (χ2v) is 4.71. The lowest BCUT2D eigenvalue weighted by molar-refractivity contribution is 0.0684. The monoisotopic (exact) mass is 275 g/mol. The van der Waals surface area contributed by atoms with Crippen LogP contribution in [0.2, 0.25) is 0 Å². The Kier molecular flexibility index (Phi) is 4.47. The van der Waals surface area contributed by atoms with Gasteiger partial charge in [0.1, 0.15) is 0 Å². The quantitative estimate of drug-likeness (QED) is 0.808. The molecule has 0 radical (unpaired) electrons. The van der Waals surface area contributed by atoms with Crippen LogP contribution >= 0.6 is 0 Å². The summed E-state index contributed by atoms with van der Waals surface area (Å²) in [6, 6.07) is 7.22. The minimum absolute atomic E-state index is 0.145. The Hall–Kier alpha value is -2.21.